The van der Waals surface area contributed by atoms with E-state index in [1.807, 2.05) is 24.3 Å². The monoisotopic (exact) mass is 353 g/mol. The number of methoxy groups -OCH3 is 3. The Hall–Kier alpha value is -3.48. The summed E-state index contributed by atoms with van der Waals surface area (Å²) < 4.78 is 16.1. The van der Waals surface area contributed by atoms with Gasteiger partial charge < -0.3 is 25.3 Å². The summed E-state index contributed by atoms with van der Waals surface area (Å²) in [6, 6.07) is 10.9. The molecular formula is C19H19N3O4. The smallest absolute Gasteiger partial charge is 0.252 e. The van der Waals surface area contributed by atoms with Crippen molar-refractivity contribution in [2.75, 3.05) is 26.6 Å². The summed E-state index contributed by atoms with van der Waals surface area (Å²) in [7, 11) is 4.67. The number of rotatable bonds is 6. The highest BCUT2D eigenvalue weighted by atomic mass is 16.5. The minimum absolute atomic E-state index is 0.260. The normalized spacial score (nSPS) is 10.4. The number of primary amides is 1. The lowest BCUT2D eigenvalue weighted by Gasteiger charge is -2.17. The van der Waals surface area contributed by atoms with E-state index in [1.165, 1.54) is 6.20 Å². The Bertz CT molecular complexity index is 972. The maximum Gasteiger partial charge on any atom is 0.252 e. The molecule has 1 aromatic heterocycles. The number of amides is 1. The Morgan fingerprint density at radius 2 is 1.65 bits per heavy atom. The van der Waals surface area contributed by atoms with E-state index in [0.29, 0.717) is 39.5 Å². The van der Waals surface area contributed by atoms with Gasteiger partial charge in [0.25, 0.3) is 5.91 Å². The number of hydrogen-bond donors (Lipinski definition) is 2. The number of nitrogens with zero attached hydrogens (tertiary/aromatic N) is 1. The van der Waals surface area contributed by atoms with Gasteiger partial charge in [-0.25, -0.2) is 0 Å². The highest BCUT2D eigenvalue weighted by molar-refractivity contribution is 6.08. The third kappa shape index (κ3) is 3.06. The fourth-order valence-corrected chi connectivity index (χ4v) is 2.72. The van der Waals surface area contributed by atoms with Crippen LogP contribution in [0.25, 0.3) is 10.9 Å². The fourth-order valence-electron chi connectivity index (χ4n) is 2.72. The summed E-state index contributed by atoms with van der Waals surface area (Å²) in [5.41, 5.74) is 7.66. The van der Waals surface area contributed by atoms with Crippen molar-refractivity contribution in [2.45, 2.75) is 0 Å². The van der Waals surface area contributed by atoms with Crippen LogP contribution in [0.3, 0.4) is 0 Å². The van der Waals surface area contributed by atoms with E-state index in [4.69, 9.17) is 19.9 Å². The molecule has 0 unspecified atom stereocenters. The molecule has 0 aliphatic heterocycles. The Morgan fingerprint density at radius 3 is 2.31 bits per heavy atom. The summed E-state index contributed by atoms with van der Waals surface area (Å²) in [6.07, 6.45) is 1.44. The predicted molar refractivity (Wildman–Crippen MR) is 99.6 cm³/mol. The molecular weight excluding hydrogens is 334 g/mol. The van der Waals surface area contributed by atoms with Crippen molar-refractivity contribution in [3.8, 4) is 17.2 Å². The number of hydrogen-bond acceptors (Lipinski definition) is 6. The molecule has 0 radical (unpaired) electrons. The molecule has 1 heterocycles. The zero-order valence-corrected chi connectivity index (χ0v) is 14.7. The van der Waals surface area contributed by atoms with E-state index in [1.54, 1.807) is 33.5 Å². The molecule has 26 heavy (non-hydrogen) atoms. The van der Waals surface area contributed by atoms with Gasteiger partial charge in [0.15, 0.2) is 11.5 Å². The van der Waals surface area contributed by atoms with E-state index < -0.39 is 5.91 Å². The number of para-hydroxylation sites is 2. The first-order valence-electron chi connectivity index (χ1n) is 7.83. The third-order valence-electron chi connectivity index (χ3n) is 4.01. The van der Waals surface area contributed by atoms with Gasteiger partial charge in [-0.3, -0.25) is 9.78 Å². The van der Waals surface area contributed by atoms with Crippen LogP contribution >= 0.6 is 0 Å². The summed E-state index contributed by atoms with van der Waals surface area (Å²) in [4.78, 5) is 16.3. The molecule has 2 aromatic carbocycles. The van der Waals surface area contributed by atoms with Crippen molar-refractivity contribution >= 4 is 28.2 Å². The number of carbonyl (C=O) groups is 1. The Balaban J connectivity index is 2.26. The second-order valence-corrected chi connectivity index (χ2v) is 5.46. The lowest BCUT2D eigenvalue weighted by molar-refractivity contribution is 0.100. The maximum absolute atomic E-state index is 11.9. The SMILES string of the molecule is COc1ccccc1Nc1c(C(N)=O)cnc2cc(OC)c(OC)cc12. The van der Waals surface area contributed by atoms with Gasteiger partial charge in [0.2, 0.25) is 0 Å². The van der Waals surface area contributed by atoms with Gasteiger partial charge in [-0.1, -0.05) is 12.1 Å². The first-order chi connectivity index (χ1) is 12.6. The molecule has 0 saturated carbocycles. The summed E-state index contributed by atoms with van der Waals surface area (Å²) in [5, 5.41) is 3.91. The van der Waals surface area contributed by atoms with Gasteiger partial charge >= 0.3 is 0 Å². The van der Waals surface area contributed by atoms with Crippen molar-refractivity contribution in [3.63, 3.8) is 0 Å². The van der Waals surface area contributed by atoms with Crippen molar-refractivity contribution in [3.05, 3.63) is 48.2 Å². The summed E-state index contributed by atoms with van der Waals surface area (Å²) >= 11 is 0. The molecule has 1 amide bonds. The largest absolute Gasteiger partial charge is 0.495 e. The Morgan fingerprint density at radius 1 is 1.00 bits per heavy atom. The number of benzene rings is 2. The molecule has 7 nitrogen and oxygen atoms in total. The van der Waals surface area contributed by atoms with Crippen LogP contribution in [0.1, 0.15) is 10.4 Å². The average Bonchev–Trinajstić information content (AvgIpc) is 2.67. The number of ether oxygens (including phenoxy) is 3. The van der Waals surface area contributed by atoms with Crippen LogP contribution in [0.15, 0.2) is 42.6 Å². The first kappa shape index (κ1) is 17.3. The van der Waals surface area contributed by atoms with Crippen molar-refractivity contribution in [1.82, 2.24) is 4.98 Å². The zero-order chi connectivity index (χ0) is 18.7. The van der Waals surface area contributed by atoms with Gasteiger partial charge in [0, 0.05) is 17.6 Å². The second kappa shape index (κ2) is 7.18. The van der Waals surface area contributed by atoms with E-state index in [9.17, 15) is 4.79 Å². The molecule has 3 N–H and O–H groups in total. The number of pyridine rings is 1. The molecule has 3 rings (SSSR count). The highest BCUT2D eigenvalue weighted by Crippen LogP contribution is 2.38. The Kier molecular flexibility index (Phi) is 4.79. The maximum atomic E-state index is 11.9. The third-order valence-corrected chi connectivity index (χ3v) is 4.01. The van der Waals surface area contributed by atoms with Crippen LogP contribution in [0, 0.1) is 0 Å². The topological polar surface area (TPSA) is 95.7 Å². The molecule has 0 atom stereocenters. The highest BCUT2D eigenvalue weighted by Gasteiger charge is 2.17. The van der Waals surface area contributed by atoms with Crippen LogP contribution < -0.4 is 25.3 Å². The molecule has 0 bridgehead atoms. The molecule has 0 spiro atoms. The number of nitrogens with one attached hydrogen (secondary N) is 1. The molecule has 0 aliphatic carbocycles. The van der Waals surface area contributed by atoms with Gasteiger partial charge in [-0.15, -0.1) is 0 Å². The first-order valence-corrected chi connectivity index (χ1v) is 7.83. The second-order valence-electron chi connectivity index (χ2n) is 5.46. The van der Waals surface area contributed by atoms with Gasteiger partial charge in [-0.05, 0) is 18.2 Å². The number of nitrogens with two attached hydrogens (primary N) is 1. The quantitative estimate of drug-likeness (QED) is 0.707. The van der Waals surface area contributed by atoms with E-state index >= 15 is 0 Å². The van der Waals surface area contributed by atoms with Gasteiger partial charge in [0.1, 0.15) is 5.75 Å². The Labute approximate surface area is 150 Å². The van der Waals surface area contributed by atoms with Gasteiger partial charge in [0.05, 0.1) is 43.8 Å². The van der Waals surface area contributed by atoms with E-state index in [-0.39, 0.29) is 5.56 Å². The standard InChI is InChI=1S/C19H19N3O4/c1-24-15-7-5-4-6-13(15)22-18-11-8-16(25-2)17(26-3)9-14(11)21-10-12(18)19(20)23/h4-10H,1-3H3,(H2,20,23)(H,21,22). The van der Waals surface area contributed by atoms with Crippen LogP contribution in [0.2, 0.25) is 0 Å². The van der Waals surface area contributed by atoms with Crippen LogP contribution in [0.4, 0.5) is 11.4 Å². The lowest BCUT2D eigenvalue weighted by Crippen LogP contribution is -2.14. The van der Waals surface area contributed by atoms with Gasteiger partial charge in [-0.2, -0.15) is 0 Å². The molecule has 3 aromatic rings. The average molecular weight is 353 g/mol. The van der Waals surface area contributed by atoms with Crippen LogP contribution in [0.5, 0.6) is 17.2 Å². The molecule has 0 aliphatic rings. The summed E-state index contributed by atoms with van der Waals surface area (Å²) in [6.45, 7) is 0. The van der Waals surface area contributed by atoms with Crippen LogP contribution in [-0.2, 0) is 0 Å². The van der Waals surface area contributed by atoms with E-state index in [0.717, 1.165) is 0 Å². The number of aromatic nitrogens is 1. The van der Waals surface area contributed by atoms with Crippen molar-refractivity contribution in [1.29, 1.82) is 0 Å². The predicted octanol–water partition coefficient (Wildman–Crippen LogP) is 3.10. The minimum Gasteiger partial charge on any atom is -0.495 e. The molecule has 134 valence electrons. The summed E-state index contributed by atoms with van der Waals surface area (Å²) in [5.74, 6) is 1.11. The molecule has 7 heteroatoms. The number of carbonyl (C=O) groups excluding carboxylic acids is 1. The van der Waals surface area contributed by atoms with E-state index in [2.05, 4.69) is 10.3 Å². The van der Waals surface area contributed by atoms with Crippen molar-refractivity contribution < 1.29 is 19.0 Å². The van der Waals surface area contributed by atoms with Crippen molar-refractivity contribution in [2.24, 2.45) is 5.73 Å². The minimum atomic E-state index is -0.591. The molecule has 0 saturated heterocycles. The number of fused-ring (bicyclic) bond motifs is 1. The molecule has 0 fully saturated rings. The lowest BCUT2D eigenvalue weighted by atomic mass is 10.1. The van der Waals surface area contributed by atoms with Crippen LogP contribution in [-0.4, -0.2) is 32.2 Å². The zero-order valence-electron chi connectivity index (χ0n) is 14.7. The fraction of sp³-hybridized carbons (Fsp3) is 0.158. The number of anilines is 2.